The third-order valence-corrected chi connectivity index (χ3v) is 5.51. The van der Waals surface area contributed by atoms with Crippen LogP contribution in [0.5, 0.6) is 11.5 Å². The molecule has 3 heterocycles. The summed E-state index contributed by atoms with van der Waals surface area (Å²) in [6, 6.07) is 11.4. The maximum Gasteiger partial charge on any atom is 0.421 e. The van der Waals surface area contributed by atoms with Gasteiger partial charge in [0.1, 0.15) is 0 Å². The van der Waals surface area contributed by atoms with Crippen LogP contribution in [0, 0.1) is 0 Å². The summed E-state index contributed by atoms with van der Waals surface area (Å²) in [5.74, 6) is 1.29. The van der Waals surface area contributed by atoms with Gasteiger partial charge in [-0.25, -0.2) is 4.79 Å². The maximum absolute atomic E-state index is 12.2. The number of nitrogens with zero attached hydrogens (tertiary/aromatic N) is 3. The third-order valence-electron chi connectivity index (χ3n) is 5.28. The van der Waals surface area contributed by atoms with E-state index < -0.39 is 0 Å². The minimum Gasteiger partial charge on any atom is -0.454 e. The average molecular weight is 402 g/mol. The van der Waals surface area contributed by atoms with Crippen molar-refractivity contribution >= 4 is 22.7 Å². The summed E-state index contributed by atoms with van der Waals surface area (Å²) in [6.07, 6.45) is 0. The second kappa shape index (κ2) is 7.16. The lowest BCUT2D eigenvalue weighted by molar-refractivity contribution is 0.102. The van der Waals surface area contributed by atoms with Gasteiger partial charge in [0.05, 0.1) is 12.2 Å². The van der Waals surface area contributed by atoms with E-state index in [9.17, 15) is 4.79 Å². The van der Waals surface area contributed by atoms with Crippen molar-refractivity contribution in [2.75, 3.05) is 33.0 Å². The number of benzene rings is 2. The van der Waals surface area contributed by atoms with Crippen molar-refractivity contribution in [3.8, 4) is 11.5 Å². The Kier molecular flexibility index (Phi) is 4.50. The summed E-state index contributed by atoms with van der Waals surface area (Å²) >= 11 is 5.98. The molecule has 1 fully saturated rings. The Balaban J connectivity index is 1.22. The second-order valence-electron chi connectivity index (χ2n) is 7.13. The predicted molar refractivity (Wildman–Crippen MR) is 105 cm³/mol. The molecule has 0 unspecified atom stereocenters. The molecule has 0 radical (unpaired) electrons. The minimum atomic E-state index is -0.347. The number of rotatable bonds is 4. The first-order valence-corrected chi connectivity index (χ1v) is 9.66. The second-order valence-corrected chi connectivity index (χ2v) is 7.57. The zero-order valence-electron chi connectivity index (χ0n) is 15.3. The van der Waals surface area contributed by atoms with E-state index in [1.165, 1.54) is 5.56 Å². The summed E-state index contributed by atoms with van der Waals surface area (Å²) in [5, 5.41) is 0.561. The summed E-state index contributed by atoms with van der Waals surface area (Å²) in [7, 11) is 0. The van der Waals surface area contributed by atoms with E-state index in [0.717, 1.165) is 49.7 Å². The highest BCUT2D eigenvalue weighted by molar-refractivity contribution is 6.31. The molecule has 0 spiro atoms. The predicted octanol–water partition coefficient (Wildman–Crippen LogP) is 2.75. The van der Waals surface area contributed by atoms with E-state index in [4.69, 9.17) is 25.5 Å². The highest BCUT2D eigenvalue weighted by atomic mass is 35.5. The summed E-state index contributed by atoms with van der Waals surface area (Å²) in [6.45, 7) is 5.33. The molecule has 0 N–H and O–H groups in total. The van der Waals surface area contributed by atoms with Crippen LogP contribution in [0.4, 0.5) is 0 Å². The summed E-state index contributed by atoms with van der Waals surface area (Å²) < 4.78 is 17.8. The lowest BCUT2D eigenvalue weighted by Gasteiger charge is -2.34. The molecule has 0 atom stereocenters. The largest absolute Gasteiger partial charge is 0.454 e. The van der Waals surface area contributed by atoms with Gasteiger partial charge in [0.15, 0.2) is 17.1 Å². The fourth-order valence-electron chi connectivity index (χ4n) is 3.76. The van der Waals surface area contributed by atoms with Gasteiger partial charge < -0.3 is 13.9 Å². The van der Waals surface area contributed by atoms with Crippen molar-refractivity contribution in [1.29, 1.82) is 0 Å². The first-order valence-electron chi connectivity index (χ1n) is 9.28. The van der Waals surface area contributed by atoms with Gasteiger partial charge in [-0.15, -0.1) is 0 Å². The van der Waals surface area contributed by atoms with Crippen LogP contribution in [0.2, 0.25) is 5.02 Å². The molecule has 1 aromatic heterocycles. The number of aromatic nitrogens is 1. The van der Waals surface area contributed by atoms with Crippen LogP contribution in [0.15, 0.2) is 45.6 Å². The highest BCUT2D eigenvalue weighted by Crippen LogP contribution is 2.32. The molecule has 146 valence electrons. The van der Waals surface area contributed by atoms with Crippen LogP contribution in [0.1, 0.15) is 5.56 Å². The molecule has 28 heavy (non-hydrogen) atoms. The molecule has 3 aromatic rings. The van der Waals surface area contributed by atoms with E-state index in [2.05, 4.69) is 21.9 Å². The van der Waals surface area contributed by atoms with Gasteiger partial charge in [0.25, 0.3) is 0 Å². The van der Waals surface area contributed by atoms with Crippen LogP contribution in [0.3, 0.4) is 0 Å². The van der Waals surface area contributed by atoms with Crippen LogP contribution in [-0.2, 0) is 13.2 Å². The SMILES string of the molecule is O=c1oc2cc(Cl)ccc2n1CN1CCN(Cc2ccc3c(c2)OCO3)CC1. The number of oxazole rings is 1. The standard InChI is InChI=1S/C20H20ClN3O4/c21-15-2-3-16-18(10-15)28-20(25)24(16)12-23-7-5-22(6-8-23)11-14-1-4-17-19(9-14)27-13-26-17/h1-4,9-10H,5-8,11-13H2. The topological polar surface area (TPSA) is 60.1 Å². The molecule has 8 heteroatoms. The third kappa shape index (κ3) is 3.37. The molecular weight excluding hydrogens is 382 g/mol. The summed E-state index contributed by atoms with van der Waals surface area (Å²) in [4.78, 5) is 16.9. The van der Waals surface area contributed by atoms with Gasteiger partial charge in [-0.05, 0) is 29.8 Å². The van der Waals surface area contributed by atoms with Crippen molar-refractivity contribution in [2.24, 2.45) is 0 Å². The van der Waals surface area contributed by atoms with Gasteiger partial charge in [-0.2, -0.15) is 0 Å². The Morgan fingerprint density at radius 3 is 2.57 bits per heavy atom. The molecule has 2 aliphatic rings. The highest BCUT2D eigenvalue weighted by Gasteiger charge is 2.20. The summed E-state index contributed by atoms with van der Waals surface area (Å²) in [5.41, 5.74) is 2.52. The van der Waals surface area contributed by atoms with E-state index >= 15 is 0 Å². The number of hydrogen-bond donors (Lipinski definition) is 0. The maximum atomic E-state index is 12.2. The molecule has 0 amide bonds. The fourth-order valence-corrected chi connectivity index (χ4v) is 3.92. The lowest BCUT2D eigenvalue weighted by atomic mass is 10.1. The molecule has 0 saturated carbocycles. The van der Waals surface area contributed by atoms with Crippen LogP contribution < -0.4 is 15.2 Å². The van der Waals surface area contributed by atoms with Crippen LogP contribution >= 0.6 is 11.6 Å². The molecule has 1 saturated heterocycles. The Morgan fingerprint density at radius 2 is 1.71 bits per heavy atom. The number of halogens is 1. The van der Waals surface area contributed by atoms with E-state index in [0.29, 0.717) is 24.1 Å². The van der Waals surface area contributed by atoms with Gasteiger partial charge in [-0.3, -0.25) is 14.4 Å². The van der Waals surface area contributed by atoms with E-state index in [1.54, 1.807) is 16.7 Å². The van der Waals surface area contributed by atoms with Crippen LogP contribution in [-0.4, -0.2) is 47.3 Å². The lowest BCUT2D eigenvalue weighted by Crippen LogP contribution is -2.47. The van der Waals surface area contributed by atoms with Crippen molar-refractivity contribution in [1.82, 2.24) is 14.4 Å². The molecule has 5 rings (SSSR count). The monoisotopic (exact) mass is 401 g/mol. The van der Waals surface area contributed by atoms with Gasteiger partial charge in [0.2, 0.25) is 6.79 Å². The molecule has 2 aliphatic heterocycles. The van der Waals surface area contributed by atoms with Gasteiger partial charge in [-0.1, -0.05) is 17.7 Å². The first kappa shape index (κ1) is 17.6. The molecular formula is C20H20ClN3O4. The van der Waals surface area contributed by atoms with Crippen molar-refractivity contribution in [3.05, 3.63) is 57.5 Å². The minimum absolute atomic E-state index is 0.297. The fraction of sp³-hybridized carbons (Fsp3) is 0.350. The Labute approximate surface area is 166 Å². The van der Waals surface area contributed by atoms with Crippen molar-refractivity contribution in [2.45, 2.75) is 13.2 Å². The molecule has 7 nitrogen and oxygen atoms in total. The van der Waals surface area contributed by atoms with Gasteiger partial charge >= 0.3 is 5.76 Å². The number of piperazine rings is 1. The molecule has 0 aliphatic carbocycles. The van der Waals surface area contributed by atoms with E-state index in [-0.39, 0.29) is 5.76 Å². The quantitative estimate of drug-likeness (QED) is 0.670. The zero-order valence-corrected chi connectivity index (χ0v) is 16.0. The Hall–Kier alpha value is -2.48. The van der Waals surface area contributed by atoms with E-state index in [1.807, 2.05) is 12.1 Å². The Bertz CT molecular complexity index is 1070. The average Bonchev–Trinajstić information content (AvgIpc) is 3.27. The number of fused-ring (bicyclic) bond motifs is 2. The zero-order chi connectivity index (χ0) is 19.1. The van der Waals surface area contributed by atoms with Gasteiger partial charge in [0, 0.05) is 43.8 Å². The van der Waals surface area contributed by atoms with Crippen molar-refractivity contribution < 1.29 is 13.9 Å². The number of ether oxygens (including phenoxy) is 2. The normalized spacial score (nSPS) is 17.5. The van der Waals surface area contributed by atoms with Crippen molar-refractivity contribution in [3.63, 3.8) is 0 Å². The first-order chi connectivity index (χ1) is 13.7. The Morgan fingerprint density at radius 1 is 0.929 bits per heavy atom. The molecule has 2 aromatic carbocycles. The van der Waals surface area contributed by atoms with Crippen LogP contribution in [0.25, 0.3) is 11.1 Å². The molecule has 0 bridgehead atoms. The smallest absolute Gasteiger partial charge is 0.421 e. The number of hydrogen-bond acceptors (Lipinski definition) is 6.